The van der Waals surface area contributed by atoms with Crippen molar-refractivity contribution in [2.45, 2.75) is 57.8 Å². The van der Waals surface area contributed by atoms with Crippen LogP contribution in [0.25, 0.3) is 4.85 Å². The van der Waals surface area contributed by atoms with Gasteiger partial charge in [0, 0.05) is 6.42 Å². The van der Waals surface area contributed by atoms with E-state index in [-0.39, 0.29) is 0 Å². The lowest BCUT2D eigenvalue weighted by atomic mass is 10.0. The third kappa shape index (κ3) is 3.85. The predicted molar refractivity (Wildman–Crippen MR) is 68.1 cm³/mol. The van der Waals surface area contributed by atoms with E-state index < -0.39 is 29.9 Å². The second-order valence-electron chi connectivity index (χ2n) is 5.47. The molecule has 0 saturated carbocycles. The molecule has 0 aromatic carbocycles. The molecule has 0 spiro atoms. The molecule has 19 heavy (non-hydrogen) atoms. The minimum absolute atomic E-state index is 0.498. The van der Waals surface area contributed by atoms with Gasteiger partial charge in [0.2, 0.25) is 0 Å². The number of methoxy groups -OCH3 is 1. The zero-order valence-electron chi connectivity index (χ0n) is 11.8. The monoisotopic (exact) mass is 268 g/mol. The molecule has 2 unspecified atom stereocenters. The van der Waals surface area contributed by atoms with E-state index in [1.165, 1.54) is 12.0 Å². The van der Waals surface area contributed by atoms with Gasteiger partial charge < -0.3 is 9.47 Å². The van der Waals surface area contributed by atoms with Crippen LogP contribution in [0, 0.1) is 6.57 Å². The van der Waals surface area contributed by atoms with Crippen LogP contribution in [0.1, 0.15) is 40.0 Å². The van der Waals surface area contributed by atoms with Crippen LogP contribution < -0.4 is 0 Å². The van der Waals surface area contributed by atoms with Crippen LogP contribution in [0.4, 0.5) is 4.79 Å². The molecular weight excluding hydrogens is 248 g/mol. The lowest BCUT2D eigenvalue weighted by Gasteiger charge is -2.35. The molecule has 0 aromatic rings. The zero-order chi connectivity index (χ0) is 14.6. The van der Waals surface area contributed by atoms with Gasteiger partial charge in [-0.25, -0.2) is 21.1 Å². The molecule has 2 atom stereocenters. The number of rotatable bonds is 1. The highest BCUT2D eigenvalue weighted by Gasteiger charge is 2.44. The fraction of sp³-hybridized carbons (Fsp3) is 0.769. The Morgan fingerprint density at radius 1 is 1.32 bits per heavy atom. The van der Waals surface area contributed by atoms with Gasteiger partial charge in [-0.2, -0.15) is 0 Å². The summed E-state index contributed by atoms with van der Waals surface area (Å²) in [5.41, 5.74) is -0.665. The number of piperidine rings is 1. The van der Waals surface area contributed by atoms with E-state index in [0.717, 1.165) is 0 Å². The molecule has 0 aromatic heterocycles. The third-order valence-corrected chi connectivity index (χ3v) is 2.82. The number of hydrogen-bond acceptors (Lipinski definition) is 4. The molecule has 106 valence electrons. The molecular formula is C13H20N2O4. The Labute approximate surface area is 113 Å². The first-order valence-corrected chi connectivity index (χ1v) is 6.26. The van der Waals surface area contributed by atoms with Crippen LogP contribution in [0.5, 0.6) is 0 Å². The number of nitrogens with zero attached hydrogens (tertiary/aromatic N) is 2. The van der Waals surface area contributed by atoms with Crippen LogP contribution in [0.2, 0.25) is 0 Å². The van der Waals surface area contributed by atoms with Crippen LogP contribution in [0.15, 0.2) is 0 Å². The van der Waals surface area contributed by atoms with Crippen molar-refractivity contribution < 1.29 is 19.1 Å². The van der Waals surface area contributed by atoms with Gasteiger partial charge in [-0.15, -0.1) is 0 Å². The number of amides is 1. The Morgan fingerprint density at radius 3 is 2.42 bits per heavy atom. The van der Waals surface area contributed by atoms with Crippen molar-refractivity contribution in [3.63, 3.8) is 0 Å². The second kappa shape index (κ2) is 5.91. The molecule has 0 N–H and O–H groups in total. The van der Waals surface area contributed by atoms with Crippen molar-refractivity contribution >= 4 is 12.1 Å². The largest absolute Gasteiger partial charge is 0.467 e. The van der Waals surface area contributed by atoms with Crippen LogP contribution in [0.3, 0.4) is 0 Å². The Kier molecular flexibility index (Phi) is 4.76. The summed E-state index contributed by atoms with van der Waals surface area (Å²) in [6, 6.07) is -0.729. The summed E-state index contributed by atoms with van der Waals surface area (Å²) in [5.74, 6) is -0.501. The number of carbonyl (C=O) groups excluding carboxylic acids is 2. The number of esters is 1. The van der Waals surface area contributed by atoms with Crippen LogP contribution in [-0.4, -0.2) is 41.9 Å². The first-order chi connectivity index (χ1) is 8.80. The lowest BCUT2D eigenvalue weighted by Crippen LogP contribution is -2.54. The van der Waals surface area contributed by atoms with Gasteiger partial charge in [-0.1, -0.05) is 0 Å². The first kappa shape index (κ1) is 15.3. The van der Waals surface area contributed by atoms with Crippen molar-refractivity contribution in [2.75, 3.05) is 7.11 Å². The predicted octanol–water partition coefficient (Wildman–Crippen LogP) is 2.19. The highest BCUT2D eigenvalue weighted by atomic mass is 16.6. The number of likely N-dealkylation sites (tertiary alicyclic amines) is 1. The maximum Gasteiger partial charge on any atom is 0.416 e. The Morgan fingerprint density at radius 2 is 1.95 bits per heavy atom. The smallest absolute Gasteiger partial charge is 0.416 e. The van der Waals surface area contributed by atoms with E-state index in [2.05, 4.69) is 4.85 Å². The summed E-state index contributed by atoms with van der Waals surface area (Å²) < 4.78 is 9.97. The van der Waals surface area contributed by atoms with E-state index in [1.54, 1.807) is 20.8 Å². The maximum atomic E-state index is 12.2. The molecule has 1 heterocycles. The van der Waals surface area contributed by atoms with Crippen LogP contribution >= 0.6 is 0 Å². The van der Waals surface area contributed by atoms with Gasteiger partial charge in [0.15, 0.2) is 0 Å². The van der Waals surface area contributed by atoms with Gasteiger partial charge in [-0.3, -0.25) is 4.85 Å². The number of carbonyl (C=O) groups is 2. The third-order valence-electron chi connectivity index (χ3n) is 2.82. The molecule has 1 fully saturated rings. The van der Waals surface area contributed by atoms with Crippen molar-refractivity contribution in [1.29, 1.82) is 0 Å². The van der Waals surface area contributed by atoms with Gasteiger partial charge in [0.05, 0.1) is 7.11 Å². The molecule has 6 heteroatoms. The summed E-state index contributed by atoms with van der Waals surface area (Å²) in [5, 5.41) is 0. The van der Waals surface area contributed by atoms with Gasteiger partial charge in [0.25, 0.3) is 0 Å². The molecule has 0 radical (unpaired) electrons. The summed E-state index contributed by atoms with van der Waals surface area (Å²) in [7, 11) is 1.27. The topological polar surface area (TPSA) is 60.2 Å². The molecule has 1 aliphatic heterocycles. The lowest BCUT2D eigenvalue weighted by molar-refractivity contribution is -0.148. The highest BCUT2D eigenvalue weighted by Crippen LogP contribution is 2.27. The number of hydrogen-bond donors (Lipinski definition) is 0. The summed E-state index contributed by atoms with van der Waals surface area (Å²) in [6.07, 6.45) is 0.469. The molecule has 1 saturated heterocycles. The quantitative estimate of drug-likeness (QED) is 0.540. The SMILES string of the molecule is [C-]#[N+]C1CCCC(C(=O)OC)N1C(=O)OC(C)(C)C. The Hall–Kier alpha value is -1.77. The van der Waals surface area contributed by atoms with E-state index in [1.807, 2.05) is 0 Å². The van der Waals surface area contributed by atoms with E-state index in [9.17, 15) is 9.59 Å². The normalized spacial score (nSPS) is 23.4. The molecule has 1 aliphatic rings. The summed E-state index contributed by atoms with van der Waals surface area (Å²) in [4.78, 5) is 28.5. The average molecular weight is 268 g/mol. The van der Waals surface area contributed by atoms with Crippen LogP contribution in [-0.2, 0) is 14.3 Å². The first-order valence-electron chi connectivity index (χ1n) is 6.26. The minimum Gasteiger partial charge on any atom is -0.467 e. The van der Waals surface area contributed by atoms with E-state index in [4.69, 9.17) is 16.0 Å². The summed E-state index contributed by atoms with van der Waals surface area (Å²) >= 11 is 0. The second-order valence-corrected chi connectivity index (χ2v) is 5.47. The standard InChI is InChI=1S/C13H20N2O4/c1-13(2,3)19-12(17)15-9(11(16)18-5)7-6-8-10(15)14-4/h9-10H,6-8H2,1-3,5H3. The van der Waals surface area contributed by atoms with Gasteiger partial charge >= 0.3 is 18.2 Å². The Balaban J connectivity index is 2.95. The van der Waals surface area contributed by atoms with Crippen molar-refractivity contribution in [3.05, 3.63) is 11.4 Å². The fourth-order valence-corrected chi connectivity index (χ4v) is 2.04. The summed E-state index contributed by atoms with van der Waals surface area (Å²) in [6.45, 7) is 12.4. The van der Waals surface area contributed by atoms with Gasteiger partial charge in [0.1, 0.15) is 11.6 Å². The molecule has 0 aliphatic carbocycles. The molecule has 0 bridgehead atoms. The molecule has 6 nitrogen and oxygen atoms in total. The number of ether oxygens (including phenoxy) is 2. The minimum atomic E-state index is -0.729. The molecule has 1 amide bonds. The van der Waals surface area contributed by atoms with E-state index in [0.29, 0.717) is 19.3 Å². The zero-order valence-corrected chi connectivity index (χ0v) is 11.8. The van der Waals surface area contributed by atoms with Gasteiger partial charge in [-0.05, 0) is 33.6 Å². The fourth-order valence-electron chi connectivity index (χ4n) is 2.04. The highest BCUT2D eigenvalue weighted by molar-refractivity contribution is 5.82. The van der Waals surface area contributed by atoms with Crippen molar-refractivity contribution in [2.24, 2.45) is 0 Å². The van der Waals surface area contributed by atoms with Crippen molar-refractivity contribution in [3.8, 4) is 0 Å². The molecule has 1 rings (SSSR count). The van der Waals surface area contributed by atoms with E-state index >= 15 is 0 Å². The Bertz CT molecular complexity index is 394. The van der Waals surface area contributed by atoms with Crippen molar-refractivity contribution in [1.82, 2.24) is 4.90 Å². The maximum absolute atomic E-state index is 12.2. The average Bonchev–Trinajstić information content (AvgIpc) is 2.34.